The zero-order chi connectivity index (χ0) is 29.7. The molecule has 4 aromatic rings. The second-order valence-corrected chi connectivity index (χ2v) is 12.1. The monoisotopic (exact) mass is 596 g/mol. The molecule has 1 aliphatic rings. The van der Waals surface area contributed by atoms with E-state index < -0.39 is 28.5 Å². The van der Waals surface area contributed by atoms with E-state index in [0.717, 1.165) is 4.57 Å². The van der Waals surface area contributed by atoms with Crippen LogP contribution in [-0.4, -0.2) is 59.1 Å². The van der Waals surface area contributed by atoms with Crippen LogP contribution in [0.1, 0.15) is 29.0 Å². The summed E-state index contributed by atoms with van der Waals surface area (Å²) in [5.41, 5.74) is 2.53. The van der Waals surface area contributed by atoms with E-state index in [1.165, 1.54) is 12.4 Å². The summed E-state index contributed by atoms with van der Waals surface area (Å²) >= 11 is 0. The lowest BCUT2D eigenvalue weighted by molar-refractivity contribution is -0.140. The minimum atomic E-state index is -4.46. The molecule has 0 bridgehead atoms. The summed E-state index contributed by atoms with van der Waals surface area (Å²) in [6.07, 6.45) is 0.991. The van der Waals surface area contributed by atoms with Crippen molar-refractivity contribution in [2.45, 2.75) is 31.6 Å². The van der Waals surface area contributed by atoms with E-state index in [9.17, 15) is 26.4 Å². The fourth-order valence-electron chi connectivity index (χ4n) is 4.66. The van der Waals surface area contributed by atoms with Crippen LogP contribution in [-0.2, 0) is 16.4 Å². The van der Waals surface area contributed by atoms with Gasteiger partial charge in [0.05, 0.1) is 53.0 Å². The number of carbonyl (C=O) groups excluding carboxylic acids is 1. The smallest absolute Gasteiger partial charge is 0.382 e. The van der Waals surface area contributed by atoms with Crippen LogP contribution >= 0.6 is 0 Å². The van der Waals surface area contributed by atoms with Crippen molar-refractivity contribution >= 4 is 43.7 Å². The third-order valence-corrected chi connectivity index (χ3v) is 8.43. The Labute approximate surface area is 240 Å². The standard InChI is InChI=1S/C29H27F3N6O3S/c30-29(31,32)19-38-23(16-24-25(6-1-7-27(24)38)36-20-10-14-42(40,41)15-11-20)5-3-13-34-21-8-9-26(35-18-21)28(39)37-22-4-2-12-33-17-22/h1-2,4,6-9,12,16-18,20,34,36H,10-11,13-15,19H2,(H,37,39). The van der Waals surface area contributed by atoms with Gasteiger partial charge >= 0.3 is 6.18 Å². The van der Waals surface area contributed by atoms with Crippen LogP contribution < -0.4 is 16.0 Å². The fraction of sp³-hybridized carbons (Fsp3) is 0.276. The minimum Gasteiger partial charge on any atom is -0.382 e. The second kappa shape index (κ2) is 12.1. The van der Waals surface area contributed by atoms with Gasteiger partial charge < -0.3 is 20.5 Å². The van der Waals surface area contributed by atoms with E-state index in [4.69, 9.17) is 0 Å². The zero-order valence-corrected chi connectivity index (χ0v) is 23.1. The number of pyridine rings is 2. The van der Waals surface area contributed by atoms with Gasteiger partial charge in [0.2, 0.25) is 0 Å². The SMILES string of the molecule is O=C(Nc1cccnc1)c1ccc(NCC#Cc2cc3c(NC4CCS(=O)(=O)CC4)cccc3n2CC(F)(F)F)cn1. The molecule has 0 radical (unpaired) electrons. The van der Waals surface area contributed by atoms with Crippen LogP contribution in [0, 0.1) is 11.8 Å². The van der Waals surface area contributed by atoms with Gasteiger partial charge in [0.15, 0.2) is 0 Å². The van der Waals surface area contributed by atoms with Gasteiger partial charge in [0.1, 0.15) is 22.1 Å². The van der Waals surface area contributed by atoms with Crippen molar-refractivity contribution in [3.05, 3.63) is 78.5 Å². The van der Waals surface area contributed by atoms with E-state index in [2.05, 4.69) is 37.8 Å². The lowest BCUT2D eigenvalue weighted by Gasteiger charge is -2.24. The normalized spacial score (nSPS) is 15.0. The summed E-state index contributed by atoms with van der Waals surface area (Å²) < 4.78 is 65.2. The maximum absolute atomic E-state index is 13.5. The number of amides is 1. The molecular weight excluding hydrogens is 569 g/mol. The number of hydrogen-bond donors (Lipinski definition) is 3. The molecule has 5 rings (SSSR count). The molecule has 0 unspecified atom stereocenters. The van der Waals surface area contributed by atoms with Crippen molar-refractivity contribution in [1.82, 2.24) is 14.5 Å². The highest BCUT2D eigenvalue weighted by Gasteiger charge is 2.30. The summed E-state index contributed by atoms with van der Waals surface area (Å²) in [6, 6.07) is 13.2. The molecule has 1 aromatic carbocycles. The van der Waals surface area contributed by atoms with Gasteiger partial charge in [-0.25, -0.2) is 13.4 Å². The molecule has 1 fully saturated rings. The van der Waals surface area contributed by atoms with Gasteiger partial charge in [-0.05, 0) is 61.2 Å². The van der Waals surface area contributed by atoms with Crippen LogP contribution in [0.2, 0.25) is 0 Å². The molecule has 13 heteroatoms. The molecule has 3 aromatic heterocycles. The van der Waals surface area contributed by atoms with E-state index >= 15 is 0 Å². The summed E-state index contributed by atoms with van der Waals surface area (Å²) in [5.74, 6) is 5.48. The molecule has 0 saturated carbocycles. The number of nitrogens with one attached hydrogen (secondary N) is 3. The number of alkyl halides is 3. The van der Waals surface area contributed by atoms with Crippen molar-refractivity contribution in [2.24, 2.45) is 0 Å². The van der Waals surface area contributed by atoms with Crippen molar-refractivity contribution in [1.29, 1.82) is 0 Å². The first-order valence-corrected chi connectivity index (χ1v) is 14.9. The van der Waals surface area contributed by atoms with Crippen LogP contribution in [0.4, 0.5) is 30.2 Å². The highest BCUT2D eigenvalue weighted by molar-refractivity contribution is 7.91. The van der Waals surface area contributed by atoms with Crippen LogP contribution in [0.25, 0.3) is 10.9 Å². The zero-order valence-electron chi connectivity index (χ0n) is 22.3. The average molecular weight is 597 g/mol. The van der Waals surface area contributed by atoms with Gasteiger partial charge in [-0.3, -0.25) is 9.78 Å². The molecule has 42 heavy (non-hydrogen) atoms. The Kier molecular flexibility index (Phi) is 8.35. The number of benzene rings is 1. The summed E-state index contributed by atoms with van der Waals surface area (Å²) in [7, 11) is -3.04. The molecule has 1 saturated heterocycles. The molecule has 3 N–H and O–H groups in total. The third-order valence-electron chi connectivity index (χ3n) is 6.71. The second-order valence-electron chi connectivity index (χ2n) is 9.82. The average Bonchev–Trinajstić information content (AvgIpc) is 3.29. The van der Waals surface area contributed by atoms with Crippen LogP contribution in [0.3, 0.4) is 0 Å². The molecule has 4 heterocycles. The van der Waals surface area contributed by atoms with E-state index in [1.54, 1.807) is 54.7 Å². The fourth-order valence-corrected chi connectivity index (χ4v) is 6.15. The number of hydrogen-bond acceptors (Lipinski definition) is 7. The topological polar surface area (TPSA) is 118 Å². The Bertz CT molecular complexity index is 1730. The van der Waals surface area contributed by atoms with Gasteiger partial charge in [0.25, 0.3) is 5.91 Å². The van der Waals surface area contributed by atoms with Crippen molar-refractivity contribution in [3.63, 3.8) is 0 Å². The highest BCUT2D eigenvalue weighted by atomic mass is 32.2. The Morgan fingerprint density at radius 1 is 1.05 bits per heavy atom. The first kappa shape index (κ1) is 28.9. The minimum absolute atomic E-state index is 0.0797. The van der Waals surface area contributed by atoms with Crippen molar-refractivity contribution in [3.8, 4) is 11.8 Å². The Morgan fingerprint density at radius 2 is 1.86 bits per heavy atom. The molecule has 1 amide bonds. The van der Waals surface area contributed by atoms with Crippen molar-refractivity contribution < 1.29 is 26.4 Å². The maximum Gasteiger partial charge on any atom is 0.406 e. The molecule has 0 spiro atoms. The number of rotatable bonds is 7. The van der Waals surface area contributed by atoms with E-state index in [-0.39, 0.29) is 35.5 Å². The Hall–Kier alpha value is -4.57. The quantitative estimate of drug-likeness (QED) is 0.265. The molecule has 218 valence electrons. The summed E-state index contributed by atoms with van der Waals surface area (Å²) in [5, 5.41) is 9.63. The predicted octanol–water partition coefficient (Wildman–Crippen LogP) is 4.70. The first-order valence-electron chi connectivity index (χ1n) is 13.1. The number of sulfone groups is 1. The van der Waals surface area contributed by atoms with Gasteiger partial charge in [0, 0.05) is 23.3 Å². The Morgan fingerprint density at radius 3 is 2.55 bits per heavy atom. The number of carbonyl (C=O) groups is 1. The number of aromatic nitrogens is 3. The van der Waals surface area contributed by atoms with Crippen molar-refractivity contribution in [2.75, 3.05) is 34.0 Å². The van der Waals surface area contributed by atoms with Gasteiger partial charge in [-0.15, -0.1) is 0 Å². The van der Waals surface area contributed by atoms with E-state index in [0.29, 0.717) is 40.8 Å². The molecule has 0 atom stereocenters. The lowest BCUT2D eigenvalue weighted by atomic mass is 10.1. The lowest BCUT2D eigenvalue weighted by Crippen LogP contribution is -2.32. The highest BCUT2D eigenvalue weighted by Crippen LogP contribution is 2.31. The summed E-state index contributed by atoms with van der Waals surface area (Å²) in [6.45, 7) is -1.08. The largest absolute Gasteiger partial charge is 0.406 e. The number of fused-ring (bicyclic) bond motifs is 1. The number of nitrogens with zero attached hydrogens (tertiary/aromatic N) is 3. The third kappa shape index (κ3) is 7.38. The Balaban J connectivity index is 1.29. The molecule has 9 nitrogen and oxygen atoms in total. The molecule has 1 aliphatic heterocycles. The van der Waals surface area contributed by atoms with Gasteiger partial charge in [-0.1, -0.05) is 12.0 Å². The van der Waals surface area contributed by atoms with E-state index in [1.807, 2.05) is 0 Å². The maximum atomic E-state index is 13.5. The predicted molar refractivity (Wildman–Crippen MR) is 155 cm³/mol. The van der Waals surface area contributed by atoms with Crippen LogP contribution in [0.15, 0.2) is 67.1 Å². The number of halogens is 3. The van der Waals surface area contributed by atoms with Gasteiger partial charge in [-0.2, -0.15) is 13.2 Å². The van der Waals surface area contributed by atoms with Crippen LogP contribution in [0.5, 0.6) is 0 Å². The first-order chi connectivity index (χ1) is 20.1. The number of anilines is 3. The molecule has 0 aliphatic carbocycles. The molecular formula is C29H27F3N6O3S. The summed E-state index contributed by atoms with van der Waals surface area (Å²) in [4.78, 5) is 20.4.